The second-order valence-corrected chi connectivity index (χ2v) is 6.31. The van der Waals surface area contributed by atoms with Crippen LogP contribution < -0.4 is 0 Å². The highest BCUT2D eigenvalue weighted by molar-refractivity contribution is 5.34. The van der Waals surface area contributed by atoms with Gasteiger partial charge in [-0.15, -0.1) is 6.58 Å². The molecule has 0 aromatic heterocycles. The molecule has 134 valence electrons. The molecule has 1 aromatic rings. The minimum atomic E-state index is -0.380. The first-order valence-corrected chi connectivity index (χ1v) is 9.03. The molecule has 0 amide bonds. The van der Waals surface area contributed by atoms with Gasteiger partial charge in [-0.05, 0) is 24.1 Å². The van der Waals surface area contributed by atoms with Crippen molar-refractivity contribution in [3.63, 3.8) is 0 Å². The lowest BCUT2D eigenvalue weighted by atomic mass is 9.90. The molecule has 0 aliphatic carbocycles. The highest BCUT2D eigenvalue weighted by Gasteiger charge is 2.20. The Labute approximate surface area is 146 Å². The van der Waals surface area contributed by atoms with Crippen molar-refractivity contribution in [2.24, 2.45) is 5.92 Å². The Hall–Kier alpha value is -1.68. The van der Waals surface area contributed by atoms with Crippen LogP contribution in [-0.2, 0) is 4.74 Å². The lowest BCUT2D eigenvalue weighted by Gasteiger charge is -2.23. The first-order valence-electron chi connectivity index (χ1n) is 9.03. The van der Waals surface area contributed by atoms with Crippen LogP contribution in [0.4, 0.5) is 5.69 Å². The van der Waals surface area contributed by atoms with Crippen LogP contribution in [0.3, 0.4) is 0 Å². The summed E-state index contributed by atoms with van der Waals surface area (Å²) < 4.78 is 5.66. The van der Waals surface area contributed by atoms with Gasteiger partial charge in [0.2, 0.25) is 0 Å². The number of ether oxygens (including phenoxy) is 1. The van der Waals surface area contributed by atoms with Crippen LogP contribution in [0.25, 0.3) is 0 Å². The molecule has 0 fully saturated rings. The molecule has 0 saturated carbocycles. The van der Waals surface area contributed by atoms with Crippen LogP contribution in [0.15, 0.2) is 36.9 Å². The molecule has 2 atom stereocenters. The Kier molecular flexibility index (Phi) is 10.0. The molecular formula is C20H31NO3. The predicted octanol–water partition coefficient (Wildman–Crippen LogP) is 6.23. The molecular weight excluding hydrogens is 302 g/mol. The molecule has 0 radical (unpaired) electrons. The van der Waals surface area contributed by atoms with Crippen molar-refractivity contribution in [3.05, 3.63) is 52.6 Å². The third kappa shape index (κ3) is 6.83. The van der Waals surface area contributed by atoms with E-state index in [1.54, 1.807) is 19.2 Å². The molecule has 4 nitrogen and oxygen atoms in total. The molecule has 0 N–H and O–H groups in total. The highest BCUT2D eigenvalue weighted by Crippen LogP contribution is 2.31. The van der Waals surface area contributed by atoms with Crippen LogP contribution in [0, 0.1) is 16.0 Å². The number of hydrogen-bond donors (Lipinski definition) is 0. The van der Waals surface area contributed by atoms with Crippen LogP contribution in [0.1, 0.15) is 70.0 Å². The minimum Gasteiger partial charge on any atom is -0.376 e. The Balaban J connectivity index is 2.51. The van der Waals surface area contributed by atoms with Crippen molar-refractivity contribution >= 4 is 5.69 Å². The van der Waals surface area contributed by atoms with E-state index < -0.39 is 0 Å². The summed E-state index contributed by atoms with van der Waals surface area (Å²) in [6.07, 6.45) is 11.9. The number of methoxy groups -OCH3 is 1. The molecule has 0 bridgehead atoms. The smallest absolute Gasteiger partial charge is 0.269 e. The number of nitrogens with zero attached hydrogens (tertiary/aromatic N) is 1. The molecule has 0 unspecified atom stereocenters. The summed E-state index contributed by atoms with van der Waals surface area (Å²) in [7, 11) is 1.69. The molecule has 0 heterocycles. The van der Waals surface area contributed by atoms with Gasteiger partial charge >= 0.3 is 0 Å². The Morgan fingerprint density at radius 2 is 1.71 bits per heavy atom. The van der Waals surface area contributed by atoms with E-state index in [0.29, 0.717) is 0 Å². The van der Waals surface area contributed by atoms with Crippen molar-refractivity contribution in [2.45, 2.75) is 64.4 Å². The minimum absolute atomic E-state index is 0.0941. The lowest BCUT2D eigenvalue weighted by Crippen LogP contribution is -2.13. The SMILES string of the molecule is C=C[C@@H](CCCCCCCCC)[C@H](OC)c1ccc([N+](=O)[O-])cc1. The predicted molar refractivity (Wildman–Crippen MR) is 99.1 cm³/mol. The summed E-state index contributed by atoms with van der Waals surface area (Å²) in [5, 5.41) is 10.8. The maximum Gasteiger partial charge on any atom is 0.269 e. The van der Waals surface area contributed by atoms with Gasteiger partial charge in [-0.1, -0.05) is 57.9 Å². The van der Waals surface area contributed by atoms with E-state index in [9.17, 15) is 10.1 Å². The maximum atomic E-state index is 10.8. The van der Waals surface area contributed by atoms with Gasteiger partial charge in [-0.2, -0.15) is 0 Å². The zero-order valence-electron chi connectivity index (χ0n) is 15.1. The van der Waals surface area contributed by atoms with Crippen molar-refractivity contribution < 1.29 is 9.66 Å². The lowest BCUT2D eigenvalue weighted by molar-refractivity contribution is -0.384. The van der Waals surface area contributed by atoms with Crippen LogP contribution in [0.2, 0.25) is 0 Å². The second kappa shape index (κ2) is 11.8. The van der Waals surface area contributed by atoms with Gasteiger partial charge in [0.15, 0.2) is 0 Å². The molecule has 0 aliphatic heterocycles. The van der Waals surface area contributed by atoms with Gasteiger partial charge in [-0.25, -0.2) is 0 Å². The van der Waals surface area contributed by atoms with Crippen molar-refractivity contribution in [2.75, 3.05) is 7.11 Å². The maximum absolute atomic E-state index is 10.8. The van der Waals surface area contributed by atoms with E-state index in [-0.39, 0.29) is 22.6 Å². The van der Waals surface area contributed by atoms with Gasteiger partial charge < -0.3 is 4.74 Å². The van der Waals surface area contributed by atoms with E-state index >= 15 is 0 Å². The Morgan fingerprint density at radius 3 is 2.21 bits per heavy atom. The van der Waals surface area contributed by atoms with E-state index in [1.807, 2.05) is 6.08 Å². The summed E-state index contributed by atoms with van der Waals surface area (Å²) in [4.78, 5) is 10.4. The number of benzene rings is 1. The van der Waals surface area contributed by atoms with Crippen molar-refractivity contribution in [3.8, 4) is 0 Å². The van der Waals surface area contributed by atoms with E-state index in [4.69, 9.17) is 4.74 Å². The van der Waals surface area contributed by atoms with Gasteiger partial charge in [0.05, 0.1) is 11.0 Å². The Morgan fingerprint density at radius 1 is 1.12 bits per heavy atom. The fourth-order valence-electron chi connectivity index (χ4n) is 3.07. The number of hydrogen-bond acceptors (Lipinski definition) is 3. The van der Waals surface area contributed by atoms with E-state index in [2.05, 4.69) is 13.5 Å². The summed E-state index contributed by atoms with van der Waals surface area (Å²) in [6, 6.07) is 6.64. The summed E-state index contributed by atoms with van der Waals surface area (Å²) in [6.45, 7) is 6.19. The molecule has 24 heavy (non-hydrogen) atoms. The fraction of sp³-hybridized carbons (Fsp3) is 0.600. The summed E-state index contributed by atoms with van der Waals surface area (Å²) >= 11 is 0. The molecule has 0 saturated heterocycles. The third-order valence-electron chi connectivity index (χ3n) is 4.52. The van der Waals surface area contributed by atoms with E-state index in [1.165, 1.54) is 50.7 Å². The molecule has 0 aliphatic rings. The van der Waals surface area contributed by atoms with E-state index in [0.717, 1.165) is 18.4 Å². The first-order chi connectivity index (χ1) is 11.6. The third-order valence-corrected chi connectivity index (χ3v) is 4.52. The number of non-ortho nitro benzene ring substituents is 1. The van der Waals surface area contributed by atoms with Crippen LogP contribution >= 0.6 is 0 Å². The second-order valence-electron chi connectivity index (χ2n) is 6.31. The Bertz CT molecular complexity index is 484. The average Bonchev–Trinajstić information content (AvgIpc) is 2.60. The monoisotopic (exact) mass is 333 g/mol. The van der Waals surface area contributed by atoms with Gasteiger partial charge in [0.1, 0.15) is 0 Å². The van der Waals surface area contributed by atoms with Crippen molar-refractivity contribution in [1.29, 1.82) is 0 Å². The largest absolute Gasteiger partial charge is 0.376 e. The summed E-state index contributed by atoms with van der Waals surface area (Å²) in [5.74, 6) is 0.229. The number of nitro groups is 1. The molecule has 4 heteroatoms. The average molecular weight is 333 g/mol. The normalized spacial score (nSPS) is 13.4. The molecule has 0 spiro atoms. The first kappa shape index (κ1) is 20.4. The van der Waals surface area contributed by atoms with Crippen molar-refractivity contribution in [1.82, 2.24) is 0 Å². The standard InChI is InChI=1S/C20H31NO3/c1-4-6-7-8-9-10-11-12-17(5-2)20(24-3)18-13-15-19(16-14-18)21(22)23/h5,13-17,20H,2,4,6-12H2,1,3H3/t17-,20-/m0/s1. The van der Waals surface area contributed by atoms with Crippen LogP contribution in [-0.4, -0.2) is 12.0 Å². The molecule has 1 aromatic carbocycles. The quantitative estimate of drug-likeness (QED) is 0.186. The van der Waals surface area contributed by atoms with Crippen LogP contribution in [0.5, 0.6) is 0 Å². The zero-order chi connectivity index (χ0) is 17.8. The fourth-order valence-corrected chi connectivity index (χ4v) is 3.07. The highest BCUT2D eigenvalue weighted by atomic mass is 16.6. The zero-order valence-corrected chi connectivity index (χ0v) is 15.1. The van der Waals surface area contributed by atoms with Gasteiger partial charge in [0.25, 0.3) is 5.69 Å². The molecule has 1 rings (SSSR count). The van der Waals surface area contributed by atoms with Gasteiger partial charge in [0, 0.05) is 25.2 Å². The number of nitro benzene ring substituents is 1. The van der Waals surface area contributed by atoms with Gasteiger partial charge in [-0.3, -0.25) is 10.1 Å². The summed E-state index contributed by atoms with van der Waals surface area (Å²) in [5.41, 5.74) is 1.08. The number of rotatable bonds is 13. The topological polar surface area (TPSA) is 52.4 Å². The number of unbranched alkanes of at least 4 members (excludes halogenated alkanes) is 6.